The zero-order valence-corrected chi connectivity index (χ0v) is 13.1. The second-order valence-corrected chi connectivity index (χ2v) is 5.39. The molecule has 1 aliphatic heterocycles. The van der Waals surface area contributed by atoms with Crippen LogP contribution in [0.25, 0.3) is 0 Å². The molecule has 0 spiro atoms. The third kappa shape index (κ3) is 3.81. The van der Waals surface area contributed by atoms with E-state index in [4.69, 9.17) is 4.74 Å². The second kappa shape index (κ2) is 7.15. The average molecular weight is 313 g/mol. The lowest BCUT2D eigenvalue weighted by Crippen LogP contribution is -2.37. The first-order valence-electron chi connectivity index (χ1n) is 7.59. The molecule has 1 aliphatic rings. The quantitative estimate of drug-likeness (QED) is 0.623. The Hall–Kier alpha value is -2.54. The van der Waals surface area contributed by atoms with Crippen LogP contribution in [0.3, 0.4) is 0 Å². The molecular weight excluding hydrogens is 294 g/mol. The Morgan fingerprint density at radius 2 is 1.96 bits per heavy atom. The molecule has 1 aromatic heterocycles. The molecule has 1 saturated heterocycles. The molecule has 2 aromatic rings. The average Bonchev–Trinajstić information content (AvgIpc) is 2.61. The molecule has 0 N–H and O–H groups in total. The van der Waals surface area contributed by atoms with E-state index in [1.807, 2.05) is 43.3 Å². The number of morpholine rings is 1. The first kappa shape index (κ1) is 15.4. The van der Waals surface area contributed by atoms with E-state index < -0.39 is 0 Å². The van der Waals surface area contributed by atoms with Crippen LogP contribution < -0.4 is 9.91 Å². The van der Waals surface area contributed by atoms with Crippen LogP contribution >= 0.6 is 0 Å². The fourth-order valence-electron chi connectivity index (χ4n) is 2.50. The van der Waals surface area contributed by atoms with Crippen molar-refractivity contribution in [3.05, 3.63) is 52.6 Å². The van der Waals surface area contributed by atoms with Gasteiger partial charge in [-0.15, -0.1) is 4.91 Å². The summed E-state index contributed by atoms with van der Waals surface area (Å²) < 4.78 is 5.37. The van der Waals surface area contributed by atoms with Gasteiger partial charge < -0.3 is 9.64 Å². The summed E-state index contributed by atoms with van der Waals surface area (Å²) in [5.41, 5.74) is 1.78. The molecule has 1 aromatic carbocycles. The summed E-state index contributed by atoms with van der Waals surface area (Å²) in [6, 6.07) is 11.6. The smallest absolute Gasteiger partial charge is 0.251 e. The topological polar surface area (TPSA) is 70.9 Å². The van der Waals surface area contributed by atoms with Gasteiger partial charge in [-0.05, 0) is 12.5 Å². The number of benzene rings is 1. The first-order valence-corrected chi connectivity index (χ1v) is 7.59. The SMILES string of the molecule is Cc1cc(N2CCOCC2)nc(N(Cc2ccccc2)N=O)n1. The number of nitrogens with zero attached hydrogens (tertiary/aromatic N) is 5. The number of aryl methyl sites for hydroxylation is 1. The van der Waals surface area contributed by atoms with Gasteiger partial charge in [-0.25, -0.2) is 4.98 Å². The van der Waals surface area contributed by atoms with E-state index in [2.05, 4.69) is 20.2 Å². The molecule has 0 bridgehead atoms. The summed E-state index contributed by atoms with van der Waals surface area (Å²) >= 11 is 0. The maximum atomic E-state index is 11.3. The van der Waals surface area contributed by atoms with Gasteiger partial charge >= 0.3 is 0 Å². The summed E-state index contributed by atoms with van der Waals surface area (Å²) in [7, 11) is 0. The molecule has 0 radical (unpaired) electrons. The van der Waals surface area contributed by atoms with Crippen LogP contribution in [0.2, 0.25) is 0 Å². The highest BCUT2D eigenvalue weighted by atomic mass is 16.5. The minimum Gasteiger partial charge on any atom is -0.378 e. The molecule has 0 aliphatic carbocycles. The molecular formula is C16H19N5O2. The van der Waals surface area contributed by atoms with Gasteiger partial charge in [-0.3, -0.25) is 0 Å². The van der Waals surface area contributed by atoms with Crippen molar-refractivity contribution < 1.29 is 4.74 Å². The third-order valence-electron chi connectivity index (χ3n) is 3.67. The zero-order valence-electron chi connectivity index (χ0n) is 13.1. The number of anilines is 2. The summed E-state index contributed by atoms with van der Waals surface area (Å²) in [4.78, 5) is 22.3. The Balaban J connectivity index is 1.84. The van der Waals surface area contributed by atoms with Gasteiger partial charge in [0.1, 0.15) is 5.82 Å². The summed E-state index contributed by atoms with van der Waals surface area (Å²) in [6.07, 6.45) is 0. The van der Waals surface area contributed by atoms with Crippen LogP contribution in [0.1, 0.15) is 11.3 Å². The standard InChI is InChI=1S/C16H19N5O2/c1-13-11-15(20-7-9-23-10-8-20)18-16(17-13)21(19-22)12-14-5-3-2-4-6-14/h2-6,11H,7-10,12H2,1H3. The highest BCUT2D eigenvalue weighted by Crippen LogP contribution is 2.20. The predicted octanol–water partition coefficient (Wildman–Crippen LogP) is 2.31. The van der Waals surface area contributed by atoms with Gasteiger partial charge in [0.05, 0.1) is 25.0 Å². The Bertz CT molecular complexity index is 659. The highest BCUT2D eigenvalue weighted by molar-refractivity contribution is 5.46. The van der Waals surface area contributed by atoms with Gasteiger partial charge in [0.15, 0.2) is 0 Å². The maximum Gasteiger partial charge on any atom is 0.251 e. The van der Waals surface area contributed by atoms with Crippen molar-refractivity contribution in [3.63, 3.8) is 0 Å². The normalized spacial score (nSPS) is 14.6. The molecule has 23 heavy (non-hydrogen) atoms. The van der Waals surface area contributed by atoms with Crippen molar-refractivity contribution >= 4 is 11.8 Å². The minimum atomic E-state index is 0.324. The summed E-state index contributed by atoms with van der Waals surface area (Å²) in [5.74, 6) is 1.13. The van der Waals surface area contributed by atoms with Crippen molar-refractivity contribution in [1.29, 1.82) is 0 Å². The fraction of sp³-hybridized carbons (Fsp3) is 0.375. The maximum absolute atomic E-state index is 11.3. The number of aromatic nitrogens is 2. The van der Waals surface area contributed by atoms with Crippen molar-refractivity contribution in [2.45, 2.75) is 13.5 Å². The van der Waals surface area contributed by atoms with Gasteiger partial charge in [-0.2, -0.15) is 9.99 Å². The monoisotopic (exact) mass is 313 g/mol. The summed E-state index contributed by atoms with van der Waals surface area (Å²) in [5, 5.41) is 4.38. The number of nitroso groups, excluding NO2 is 1. The number of ether oxygens (including phenoxy) is 1. The molecule has 1 fully saturated rings. The van der Waals surface area contributed by atoms with E-state index in [1.165, 1.54) is 5.01 Å². The molecule has 0 atom stereocenters. The van der Waals surface area contributed by atoms with Crippen LogP contribution in [-0.4, -0.2) is 36.3 Å². The largest absolute Gasteiger partial charge is 0.378 e. The Kier molecular flexibility index (Phi) is 4.77. The van der Waals surface area contributed by atoms with E-state index in [9.17, 15) is 4.91 Å². The third-order valence-corrected chi connectivity index (χ3v) is 3.67. The van der Waals surface area contributed by atoms with Crippen LogP contribution in [0.4, 0.5) is 11.8 Å². The Morgan fingerprint density at radius 3 is 2.65 bits per heavy atom. The zero-order chi connectivity index (χ0) is 16.1. The molecule has 7 nitrogen and oxygen atoms in total. The van der Waals surface area contributed by atoms with Gasteiger partial charge in [0, 0.05) is 24.8 Å². The molecule has 2 heterocycles. The number of rotatable bonds is 5. The van der Waals surface area contributed by atoms with E-state index >= 15 is 0 Å². The van der Waals surface area contributed by atoms with Crippen molar-refractivity contribution in [2.75, 3.05) is 36.2 Å². The van der Waals surface area contributed by atoms with Crippen LogP contribution in [0, 0.1) is 11.8 Å². The fourth-order valence-corrected chi connectivity index (χ4v) is 2.50. The van der Waals surface area contributed by atoms with Crippen molar-refractivity contribution in [2.24, 2.45) is 5.29 Å². The molecule has 0 amide bonds. The van der Waals surface area contributed by atoms with E-state index in [-0.39, 0.29) is 0 Å². The van der Waals surface area contributed by atoms with Crippen molar-refractivity contribution in [3.8, 4) is 0 Å². The van der Waals surface area contributed by atoms with Crippen LogP contribution in [-0.2, 0) is 11.3 Å². The van der Waals surface area contributed by atoms with E-state index in [1.54, 1.807) is 0 Å². The Labute approximate surface area is 134 Å². The number of hydrogen-bond acceptors (Lipinski definition) is 6. The second-order valence-electron chi connectivity index (χ2n) is 5.39. The van der Waals surface area contributed by atoms with Crippen LogP contribution in [0.5, 0.6) is 0 Å². The predicted molar refractivity (Wildman–Crippen MR) is 88.2 cm³/mol. The van der Waals surface area contributed by atoms with E-state index in [0.29, 0.717) is 25.7 Å². The Morgan fingerprint density at radius 1 is 1.22 bits per heavy atom. The summed E-state index contributed by atoms with van der Waals surface area (Å²) in [6.45, 7) is 5.15. The highest BCUT2D eigenvalue weighted by Gasteiger charge is 2.17. The van der Waals surface area contributed by atoms with Gasteiger partial charge in [-0.1, -0.05) is 30.3 Å². The molecule has 3 rings (SSSR count). The number of hydrogen-bond donors (Lipinski definition) is 0. The van der Waals surface area contributed by atoms with Gasteiger partial charge in [0.2, 0.25) is 0 Å². The lowest BCUT2D eigenvalue weighted by molar-refractivity contribution is 0.122. The molecule has 120 valence electrons. The molecule has 0 unspecified atom stereocenters. The van der Waals surface area contributed by atoms with Gasteiger partial charge in [0.25, 0.3) is 5.95 Å². The lowest BCUT2D eigenvalue weighted by Gasteiger charge is -2.28. The first-order chi connectivity index (χ1) is 11.3. The molecule has 7 heteroatoms. The molecule has 0 saturated carbocycles. The van der Waals surface area contributed by atoms with E-state index in [0.717, 1.165) is 30.2 Å². The minimum absolute atomic E-state index is 0.324. The van der Waals surface area contributed by atoms with Crippen molar-refractivity contribution in [1.82, 2.24) is 9.97 Å². The van der Waals surface area contributed by atoms with Crippen LogP contribution in [0.15, 0.2) is 41.7 Å². The lowest BCUT2D eigenvalue weighted by atomic mass is 10.2.